The number of benzene rings is 1. The van der Waals surface area contributed by atoms with E-state index in [0.29, 0.717) is 0 Å². The number of urea groups is 1. The van der Waals surface area contributed by atoms with Crippen molar-refractivity contribution in [3.8, 4) is 0 Å². The maximum Gasteiger partial charge on any atom is 0.333 e. The molecule has 1 aromatic heterocycles. The van der Waals surface area contributed by atoms with Gasteiger partial charge in [0.15, 0.2) is 0 Å². The first kappa shape index (κ1) is 13.7. The molecule has 0 unspecified atom stereocenters. The van der Waals surface area contributed by atoms with Crippen LogP contribution in [0.1, 0.15) is 11.6 Å². The molecule has 7 heteroatoms. The van der Waals surface area contributed by atoms with E-state index in [0.717, 1.165) is 14.9 Å². The zero-order valence-corrected chi connectivity index (χ0v) is 12.7. The molecule has 1 fully saturated rings. The number of anilines is 1. The molecular weight excluding hydrogens is 336 g/mol. The summed E-state index contributed by atoms with van der Waals surface area (Å²) in [7, 11) is 1.60. The lowest BCUT2D eigenvalue weighted by molar-refractivity contribution is -0.119. The molecule has 0 aliphatic carbocycles. The zero-order chi connectivity index (χ0) is 15.0. The van der Waals surface area contributed by atoms with Gasteiger partial charge in [0.05, 0.1) is 0 Å². The molecule has 0 bridgehead atoms. The van der Waals surface area contributed by atoms with E-state index in [-0.39, 0.29) is 11.7 Å². The van der Waals surface area contributed by atoms with Gasteiger partial charge in [-0.2, -0.15) is 0 Å². The highest BCUT2D eigenvalue weighted by Crippen LogP contribution is 2.32. The summed E-state index contributed by atoms with van der Waals surface area (Å²) in [5.74, 6) is -0.0383. The largest absolute Gasteiger partial charge is 0.333 e. The van der Waals surface area contributed by atoms with Crippen LogP contribution in [0, 0.1) is 0 Å². The van der Waals surface area contributed by atoms with Crippen LogP contribution in [0.25, 0.3) is 0 Å². The lowest BCUT2D eigenvalue weighted by Crippen LogP contribution is -2.32. The summed E-state index contributed by atoms with van der Waals surface area (Å²) in [6.45, 7) is 0. The average molecular weight is 347 g/mol. The number of carbonyl (C=O) groups is 2. The second-order valence-corrected chi connectivity index (χ2v) is 5.51. The predicted molar refractivity (Wildman–Crippen MR) is 79.6 cm³/mol. The molecule has 1 aliphatic rings. The van der Waals surface area contributed by atoms with E-state index in [2.05, 4.69) is 25.9 Å². The molecular formula is C14H11BrN4O2. The van der Waals surface area contributed by atoms with E-state index in [1.54, 1.807) is 7.05 Å². The number of carbonyl (C=O) groups excluding carboxylic acids is 2. The maximum atomic E-state index is 12.6. The molecule has 6 nitrogen and oxygen atoms in total. The van der Waals surface area contributed by atoms with Gasteiger partial charge in [0.1, 0.15) is 18.2 Å². The predicted octanol–water partition coefficient (Wildman–Crippen LogP) is 2.38. The van der Waals surface area contributed by atoms with Crippen molar-refractivity contribution in [3.05, 3.63) is 52.9 Å². The number of amides is 3. The summed E-state index contributed by atoms with van der Waals surface area (Å²) >= 11 is 3.38. The van der Waals surface area contributed by atoms with Crippen molar-refractivity contribution in [1.82, 2.24) is 14.9 Å². The van der Waals surface area contributed by atoms with Crippen LogP contribution in [0.5, 0.6) is 0 Å². The first-order valence-corrected chi connectivity index (χ1v) is 7.01. The number of imide groups is 1. The summed E-state index contributed by atoms with van der Waals surface area (Å²) in [5, 5.41) is 0. The Labute approximate surface area is 129 Å². The number of hydrogen-bond acceptors (Lipinski definition) is 4. The van der Waals surface area contributed by atoms with Gasteiger partial charge in [-0.3, -0.25) is 4.79 Å². The van der Waals surface area contributed by atoms with Gasteiger partial charge in [0, 0.05) is 17.7 Å². The van der Waals surface area contributed by atoms with Crippen LogP contribution in [0.15, 0.2) is 47.3 Å². The van der Waals surface area contributed by atoms with Crippen LogP contribution in [-0.2, 0) is 4.79 Å². The van der Waals surface area contributed by atoms with Gasteiger partial charge in [-0.15, -0.1) is 0 Å². The lowest BCUT2D eigenvalue weighted by atomic mass is 10.1. The molecule has 106 valence electrons. The summed E-state index contributed by atoms with van der Waals surface area (Å²) in [5.41, 5.74) is 0.752. The van der Waals surface area contributed by atoms with E-state index in [9.17, 15) is 9.59 Å². The van der Waals surface area contributed by atoms with Crippen LogP contribution < -0.4 is 4.90 Å². The summed E-state index contributed by atoms with van der Waals surface area (Å²) in [4.78, 5) is 35.2. The molecule has 1 aliphatic heterocycles. The van der Waals surface area contributed by atoms with Crippen molar-refractivity contribution in [2.75, 3.05) is 11.9 Å². The van der Waals surface area contributed by atoms with Gasteiger partial charge >= 0.3 is 6.03 Å². The second kappa shape index (κ2) is 5.25. The van der Waals surface area contributed by atoms with Crippen molar-refractivity contribution < 1.29 is 9.59 Å². The fourth-order valence-electron chi connectivity index (χ4n) is 2.32. The van der Waals surface area contributed by atoms with Gasteiger partial charge in [0.25, 0.3) is 5.91 Å². The minimum absolute atomic E-state index is 0.282. The van der Waals surface area contributed by atoms with Crippen molar-refractivity contribution in [2.24, 2.45) is 0 Å². The average Bonchev–Trinajstić information content (AvgIpc) is 2.70. The number of hydrogen-bond donors (Lipinski definition) is 0. The summed E-state index contributed by atoms with van der Waals surface area (Å²) in [6.07, 6.45) is 2.80. The topological polar surface area (TPSA) is 66.4 Å². The van der Waals surface area contributed by atoms with Crippen molar-refractivity contribution >= 4 is 33.7 Å². The highest BCUT2D eigenvalue weighted by atomic mass is 79.9. The van der Waals surface area contributed by atoms with Crippen molar-refractivity contribution in [2.45, 2.75) is 6.04 Å². The number of aromatic nitrogens is 2. The second-order valence-electron chi connectivity index (χ2n) is 4.59. The molecule has 3 amide bonds. The molecule has 2 heterocycles. The highest BCUT2D eigenvalue weighted by molar-refractivity contribution is 9.10. The van der Waals surface area contributed by atoms with E-state index < -0.39 is 12.1 Å². The van der Waals surface area contributed by atoms with Gasteiger partial charge in [-0.25, -0.2) is 19.7 Å². The van der Waals surface area contributed by atoms with E-state index in [1.807, 2.05) is 24.3 Å². The Hall–Kier alpha value is -2.28. The molecule has 1 saturated heterocycles. The lowest BCUT2D eigenvalue weighted by Gasteiger charge is -2.16. The standard InChI is InChI=1S/C14H11BrN4O2/c1-18-12(9-3-2-4-10(15)7-9)13(20)19(14(18)21)11-5-6-16-8-17-11/h2-8,12H,1H3/t12-/m1/s1. The van der Waals surface area contributed by atoms with Crippen LogP contribution in [-0.4, -0.2) is 33.9 Å². The monoisotopic (exact) mass is 346 g/mol. The summed E-state index contributed by atoms with van der Waals surface area (Å²) in [6, 6.07) is 7.84. The fraction of sp³-hybridized carbons (Fsp3) is 0.143. The molecule has 2 aromatic rings. The van der Waals surface area contributed by atoms with Gasteiger partial charge < -0.3 is 4.90 Å². The normalized spacial score (nSPS) is 18.5. The zero-order valence-electron chi connectivity index (χ0n) is 11.1. The van der Waals surface area contributed by atoms with Crippen molar-refractivity contribution in [1.29, 1.82) is 0 Å². The summed E-state index contributed by atoms with van der Waals surface area (Å²) < 4.78 is 0.856. The Bertz CT molecular complexity index is 707. The van der Waals surface area contributed by atoms with Crippen LogP contribution in [0.2, 0.25) is 0 Å². The molecule has 1 aromatic carbocycles. The number of nitrogens with zero attached hydrogens (tertiary/aromatic N) is 4. The molecule has 0 N–H and O–H groups in total. The highest BCUT2D eigenvalue weighted by Gasteiger charge is 2.45. The quantitative estimate of drug-likeness (QED) is 0.783. The first-order chi connectivity index (χ1) is 10.1. The third-order valence-corrected chi connectivity index (χ3v) is 3.79. The van der Waals surface area contributed by atoms with E-state index in [1.165, 1.54) is 23.5 Å². The molecule has 0 saturated carbocycles. The Balaban J connectivity index is 2.02. The molecule has 3 rings (SSSR count). The molecule has 21 heavy (non-hydrogen) atoms. The molecule has 0 radical (unpaired) electrons. The smallest absolute Gasteiger partial charge is 0.311 e. The molecule has 1 atom stereocenters. The number of rotatable bonds is 2. The van der Waals surface area contributed by atoms with Crippen LogP contribution >= 0.6 is 15.9 Å². The van der Waals surface area contributed by atoms with Crippen LogP contribution in [0.4, 0.5) is 10.6 Å². The Morgan fingerprint density at radius 2 is 2.05 bits per heavy atom. The Morgan fingerprint density at radius 1 is 1.24 bits per heavy atom. The third kappa shape index (κ3) is 2.29. The fourth-order valence-corrected chi connectivity index (χ4v) is 2.74. The van der Waals surface area contributed by atoms with Crippen LogP contribution in [0.3, 0.4) is 0 Å². The first-order valence-electron chi connectivity index (χ1n) is 6.22. The minimum atomic E-state index is -0.648. The van der Waals surface area contributed by atoms with Gasteiger partial charge in [0.2, 0.25) is 0 Å². The minimum Gasteiger partial charge on any atom is -0.311 e. The molecule has 0 spiro atoms. The van der Waals surface area contributed by atoms with E-state index in [4.69, 9.17) is 0 Å². The third-order valence-electron chi connectivity index (χ3n) is 3.29. The maximum absolute atomic E-state index is 12.6. The number of halogens is 1. The van der Waals surface area contributed by atoms with Gasteiger partial charge in [-0.1, -0.05) is 28.1 Å². The number of likely N-dealkylation sites (N-methyl/N-ethyl adjacent to an activating group) is 1. The SMILES string of the molecule is CN1C(=O)N(c2ccncn2)C(=O)[C@H]1c1cccc(Br)c1. The van der Waals surface area contributed by atoms with Crippen molar-refractivity contribution in [3.63, 3.8) is 0 Å². The van der Waals surface area contributed by atoms with E-state index >= 15 is 0 Å². The van der Waals surface area contributed by atoms with Gasteiger partial charge in [-0.05, 0) is 23.8 Å². The Morgan fingerprint density at radius 3 is 2.71 bits per heavy atom. The Kier molecular flexibility index (Phi) is 3.42.